The zero-order valence-electron chi connectivity index (χ0n) is 1.86. The molecule has 0 unspecified atom stereocenters. The summed E-state index contributed by atoms with van der Waals surface area (Å²) in [5.41, 5.74) is 5.50. The van der Waals surface area contributed by atoms with Crippen LogP contribution in [0.4, 0.5) is 4.79 Å². The van der Waals surface area contributed by atoms with E-state index in [1.807, 2.05) is 0 Å². The molecule has 3 heteroatoms. The summed E-state index contributed by atoms with van der Waals surface area (Å²) in [6.45, 7) is 0. The highest BCUT2D eigenvalue weighted by Crippen LogP contribution is 1.40. The second kappa shape index (κ2) is 0.711. The van der Waals surface area contributed by atoms with E-state index in [1.165, 1.54) is 0 Å². The van der Waals surface area contributed by atoms with Crippen molar-refractivity contribution in [2.45, 2.75) is 0 Å². The maximum absolute atomic E-state index is 8.67. The van der Waals surface area contributed by atoms with Gasteiger partial charge in [0, 0.05) is 0 Å². The van der Waals surface area contributed by atoms with E-state index in [4.69, 9.17) is 15.6 Å². The van der Waals surface area contributed by atoms with Gasteiger partial charge < -0.3 is 5.11 Å². The highest BCUT2D eigenvalue weighted by molar-refractivity contribution is 5.60. The molecule has 0 aromatic rings. The molecule has 0 bridgehead atoms. The van der Waals surface area contributed by atoms with Gasteiger partial charge in [-0.3, -0.25) is 0 Å². The Morgan fingerprint density at radius 1 is 2.00 bits per heavy atom. The first-order chi connectivity index (χ1) is 1.73. The Balaban J connectivity index is 2.80. The lowest BCUT2D eigenvalue weighted by Gasteiger charge is -1.58. The van der Waals surface area contributed by atoms with Crippen LogP contribution in [0.3, 0.4) is 0 Å². The van der Waals surface area contributed by atoms with Crippen LogP contribution in [0.15, 0.2) is 0 Å². The van der Waals surface area contributed by atoms with Gasteiger partial charge in [-0.15, -0.1) is 0 Å². The van der Waals surface area contributed by atoms with Gasteiger partial charge in [-0.05, 0) is 0 Å². The molecule has 0 heterocycles. The second-order valence-corrected chi connectivity index (χ2v) is 0.305. The Labute approximate surface area is 23.0 Å². The van der Waals surface area contributed by atoms with Crippen LogP contribution in [-0.2, 0) is 0 Å². The Morgan fingerprint density at radius 3 is 2.00 bits per heavy atom. The molecule has 0 fully saturated rings. The van der Waals surface area contributed by atoms with Crippen molar-refractivity contribution in [3.63, 3.8) is 0 Å². The van der Waals surface area contributed by atoms with Crippen LogP contribution in [0.5, 0.6) is 0 Å². The van der Waals surface area contributed by atoms with Crippen molar-refractivity contribution in [3.05, 3.63) is 0 Å². The molecule has 0 atom stereocenters. The second-order valence-electron chi connectivity index (χ2n) is 0.305. The third kappa shape index (κ3) is 0.174. The quantitative estimate of drug-likeness (QED) is 0.426. The van der Waals surface area contributed by atoms with Gasteiger partial charge in [0.15, 0.2) is 0 Å². The average Bonchev–Trinajstić information content (AvgIpc) is 0.811. The zero-order chi connectivity index (χ0) is 3.58. The molecule has 0 aliphatic carbocycles. The van der Waals surface area contributed by atoms with Crippen molar-refractivity contribution in [3.8, 4) is 0 Å². The fraction of sp³-hybridized carbons (Fsp3) is 0. The molecule has 1 radical (unpaired) electrons. The number of hydrogen-bond acceptors (Lipinski definition) is 1. The predicted molar refractivity (Wildman–Crippen MR) is 11.1 cm³/mol. The lowest BCUT2D eigenvalue weighted by atomic mass is 11.3. The maximum atomic E-state index is 8.67. The molecule has 0 aromatic heterocycles. The van der Waals surface area contributed by atoms with Gasteiger partial charge >= 0.3 is 6.09 Å². The summed E-state index contributed by atoms with van der Waals surface area (Å²) in [7, 11) is 0. The van der Waals surface area contributed by atoms with Gasteiger partial charge in [0.1, 0.15) is 0 Å². The lowest BCUT2D eigenvalue weighted by molar-refractivity contribution is 0.203. The van der Waals surface area contributed by atoms with Crippen LogP contribution < -0.4 is 5.73 Å². The van der Waals surface area contributed by atoms with Crippen molar-refractivity contribution in [2.24, 2.45) is 0 Å². The first-order valence-corrected chi connectivity index (χ1v) is 0.678. The van der Waals surface area contributed by atoms with E-state index in [2.05, 4.69) is 0 Å². The number of carboxylic acid groups (broad SMARTS) is 1. The summed E-state index contributed by atoms with van der Waals surface area (Å²) < 4.78 is 0. The first kappa shape index (κ1) is 3.27. The number of carbonyl (C=O) groups is 1. The van der Waals surface area contributed by atoms with Crippen LogP contribution in [0.2, 0.25) is 0 Å². The molecule has 0 aliphatic rings. The standard InChI is InChI=1S/CH2NO2/c2-1(3)4/h2H,(H,3,4). The fourth-order valence-electron chi connectivity index (χ4n) is 0. The Hall–Kier alpha value is -0.730. The maximum Gasteiger partial charge on any atom is 0.423 e. The van der Waals surface area contributed by atoms with Crippen LogP contribution in [0.25, 0.3) is 0 Å². The molecule has 0 saturated carbocycles. The first-order valence-electron chi connectivity index (χ1n) is 0.678. The summed E-state index contributed by atoms with van der Waals surface area (Å²) in [6.07, 6.45) is -1.58. The highest BCUT2D eigenvalue weighted by atomic mass is 16.4. The normalized spacial score (nSPS) is 6.00. The molecule has 2 N–H and O–H groups in total. The molecule has 1 amide bonds. The van der Waals surface area contributed by atoms with Crippen LogP contribution in [0.1, 0.15) is 0 Å². The van der Waals surface area contributed by atoms with E-state index in [0.29, 0.717) is 0 Å². The number of nitrogens with one attached hydrogen (secondary N) is 1. The van der Waals surface area contributed by atoms with Crippen LogP contribution in [-0.4, -0.2) is 11.2 Å². The molecule has 0 aromatic carbocycles. The predicted octanol–water partition coefficient (Wildman–Crippen LogP) is -0.0527. The lowest BCUT2D eigenvalue weighted by Crippen LogP contribution is -1.86. The minimum Gasteiger partial charge on any atom is -0.464 e. The monoisotopic (exact) mass is 60.0 g/mol. The summed E-state index contributed by atoms with van der Waals surface area (Å²) in [4.78, 5) is 8.67. The van der Waals surface area contributed by atoms with E-state index >= 15 is 0 Å². The molecular weight excluding hydrogens is 58.0 g/mol. The minimum atomic E-state index is -1.58. The number of hydrogen-bond donors (Lipinski definition) is 1. The van der Waals surface area contributed by atoms with Crippen LogP contribution in [0, 0.1) is 0 Å². The minimum absolute atomic E-state index is 1.58. The van der Waals surface area contributed by atoms with Crippen molar-refractivity contribution in [1.29, 1.82) is 0 Å². The molecular formula is CH2NO2. The average molecular weight is 60.0 g/mol. The van der Waals surface area contributed by atoms with Gasteiger partial charge in [0.25, 0.3) is 0 Å². The molecule has 0 saturated heterocycles. The van der Waals surface area contributed by atoms with E-state index in [9.17, 15) is 0 Å². The Bertz CT molecular complexity index is 29.0. The largest absolute Gasteiger partial charge is 0.464 e. The smallest absolute Gasteiger partial charge is 0.423 e. The van der Waals surface area contributed by atoms with Gasteiger partial charge in [0.2, 0.25) is 0 Å². The van der Waals surface area contributed by atoms with Gasteiger partial charge in [-0.25, -0.2) is 10.5 Å². The molecule has 0 aliphatic heterocycles. The molecule has 4 heavy (non-hydrogen) atoms. The van der Waals surface area contributed by atoms with Crippen molar-refractivity contribution in [1.82, 2.24) is 5.73 Å². The van der Waals surface area contributed by atoms with E-state index in [0.717, 1.165) is 0 Å². The molecule has 23 valence electrons. The third-order valence-corrected chi connectivity index (χ3v) is 0. The van der Waals surface area contributed by atoms with Crippen molar-refractivity contribution >= 4 is 6.09 Å². The van der Waals surface area contributed by atoms with E-state index < -0.39 is 6.09 Å². The summed E-state index contributed by atoms with van der Waals surface area (Å²) in [5.74, 6) is 0. The van der Waals surface area contributed by atoms with E-state index in [-0.39, 0.29) is 0 Å². The summed E-state index contributed by atoms with van der Waals surface area (Å²) in [6, 6.07) is 0. The fourth-order valence-corrected chi connectivity index (χ4v) is 0. The van der Waals surface area contributed by atoms with Crippen molar-refractivity contribution in [2.75, 3.05) is 0 Å². The topological polar surface area (TPSA) is 61.1 Å². The SMILES string of the molecule is [NH]C(=O)O. The van der Waals surface area contributed by atoms with Crippen LogP contribution >= 0.6 is 0 Å². The van der Waals surface area contributed by atoms with E-state index in [1.54, 1.807) is 0 Å². The molecule has 3 nitrogen and oxygen atoms in total. The third-order valence-electron chi connectivity index (χ3n) is 0. The Morgan fingerprint density at radius 2 is 2.00 bits per heavy atom. The molecule has 0 rings (SSSR count). The summed E-state index contributed by atoms with van der Waals surface area (Å²) >= 11 is 0. The summed E-state index contributed by atoms with van der Waals surface area (Å²) in [5, 5.41) is 7.08. The van der Waals surface area contributed by atoms with Crippen molar-refractivity contribution < 1.29 is 9.90 Å². The van der Waals surface area contributed by atoms with Gasteiger partial charge in [-0.2, -0.15) is 0 Å². The van der Waals surface area contributed by atoms with Gasteiger partial charge in [0.05, 0.1) is 0 Å². The van der Waals surface area contributed by atoms with Gasteiger partial charge in [-0.1, -0.05) is 0 Å². The zero-order valence-corrected chi connectivity index (χ0v) is 1.86. The number of rotatable bonds is 0. The highest BCUT2D eigenvalue weighted by Gasteiger charge is 1.68. The molecule has 0 spiro atoms. The number of amides is 1. The Kier molecular flexibility index (Phi) is 0.581.